The van der Waals surface area contributed by atoms with Gasteiger partial charge in [-0.3, -0.25) is 13.9 Å². The number of para-hydroxylation sites is 1. The first kappa shape index (κ1) is 28.9. The van der Waals surface area contributed by atoms with Crippen LogP contribution >= 0.6 is 11.6 Å². The second-order valence-electron chi connectivity index (χ2n) is 9.09. The Labute approximate surface area is 240 Å². The van der Waals surface area contributed by atoms with Gasteiger partial charge in [-0.1, -0.05) is 96.5 Å². The largest absolute Gasteiger partial charge is 0.357 e. The van der Waals surface area contributed by atoms with Crippen molar-refractivity contribution in [2.24, 2.45) is 0 Å². The number of hydrogen-bond donors (Lipinski definition) is 1. The average molecular weight is 576 g/mol. The van der Waals surface area contributed by atoms with Gasteiger partial charge in [0.15, 0.2) is 0 Å². The van der Waals surface area contributed by atoms with Crippen LogP contribution in [0, 0.1) is 0 Å². The maximum absolute atomic E-state index is 14.2. The zero-order chi connectivity index (χ0) is 28.5. The third-order valence-electron chi connectivity index (χ3n) is 6.47. The van der Waals surface area contributed by atoms with E-state index in [1.165, 1.54) is 24.1 Å². The lowest BCUT2D eigenvalue weighted by atomic mass is 10.0. The molecule has 1 N–H and O–H groups in total. The van der Waals surface area contributed by atoms with E-state index in [0.717, 1.165) is 9.87 Å². The third kappa shape index (κ3) is 6.89. The van der Waals surface area contributed by atoms with Gasteiger partial charge >= 0.3 is 0 Å². The van der Waals surface area contributed by atoms with E-state index in [-0.39, 0.29) is 23.8 Å². The lowest BCUT2D eigenvalue weighted by molar-refractivity contribution is -0.139. The number of carbonyl (C=O) groups is 2. The summed E-state index contributed by atoms with van der Waals surface area (Å²) < 4.78 is 28.7. The first-order chi connectivity index (χ1) is 19.3. The van der Waals surface area contributed by atoms with Gasteiger partial charge in [0, 0.05) is 25.0 Å². The molecule has 0 aliphatic rings. The molecule has 1 atom stereocenters. The molecule has 4 rings (SSSR count). The lowest BCUT2D eigenvalue weighted by Crippen LogP contribution is -2.53. The topological polar surface area (TPSA) is 86.8 Å². The van der Waals surface area contributed by atoms with Gasteiger partial charge in [0.2, 0.25) is 11.8 Å². The van der Waals surface area contributed by atoms with Crippen molar-refractivity contribution in [2.75, 3.05) is 17.9 Å². The number of nitrogens with one attached hydrogen (secondary N) is 1. The molecule has 40 heavy (non-hydrogen) atoms. The van der Waals surface area contributed by atoms with Crippen LogP contribution in [0.15, 0.2) is 120 Å². The van der Waals surface area contributed by atoms with Crippen LogP contribution in [0.25, 0.3) is 0 Å². The van der Waals surface area contributed by atoms with Gasteiger partial charge in [0.1, 0.15) is 12.6 Å². The number of amides is 2. The van der Waals surface area contributed by atoms with Gasteiger partial charge in [-0.2, -0.15) is 0 Å². The van der Waals surface area contributed by atoms with E-state index in [2.05, 4.69) is 5.32 Å². The molecule has 0 radical (unpaired) electrons. The van der Waals surface area contributed by atoms with Gasteiger partial charge in [0.25, 0.3) is 10.0 Å². The third-order valence-corrected chi connectivity index (χ3v) is 8.63. The number of likely N-dealkylation sites (N-methyl/N-ethyl adjacent to an activating group) is 1. The molecular weight excluding hydrogens is 546 g/mol. The summed E-state index contributed by atoms with van der Waals surface area (Å²) in [6.07, 6.45) is 0.230. The maximum Gasteiger partial charge on any atom is 0.264 e. The lowest BCUT2D eigenvalue weighted by Gasteiger charge is -2.33. The fourth-order valence-electron chi connectivity index (χ4n) is 4.37. The predicted molar refractivity (Wildman–Crippen MR) is 157 cm³/mol. The molecule has 206 valence electrons. The quantitative estimate of drug-likeness (QED) is 0.275. The number of nitrogens with zero attached hydrogens (tertiary/aromatic N) is 2. The number of rotatable bonds is 11. The zero-order valence-corrected chi connectivity index (χ0v) is 23.6. The molecule has 0 fully saturated rings. The standard InChI is InChI=1S/C31H30ClN3O4S/c1-33-31(37)29(21-24-13-5-2-6-14-24)34(22-25-15-11-12-20-28(25)32)30(36)23-35(26-16-7-3-8-17-26)40(38,39)27-18-9-4-10-19-27/h2-20,29H,21-23H2,1H3,(H,33,37)/t29-/m0/s1. The number of benzene rings is 4. The summed E-state index contributed by atoms with van der Waals surface area (Å²) in [5.41, 5.74) is 1.82. The Bertz CT molecular complexity index is 1530. The molecule has 4 aromatic carbocycles. The van der Waals surface area contributed by atoms with Crippen LogP contribution in [0.3, 0.4) is 0 Å². The molecule has 0 heterocycles. The van der Waals surface area contributed by atoms with Crippen molar-refractivity contribution >= 4 is 39.1 Å². The predicted octanol–water partition coefficient (Wildman–Crippen LogP) is 4.92. The van der Waals surface area contributed by atoms with Gasteiger partial charge in [-0.15, -0.1) is 0 Å². The van der Waals surface area contributed by atoms with E-state index in [4.69, 9.17) is 11.6 Å². The number of sulfonamides is 1. The Morgan fingerprint density at radius 2 is 1.35 bits per heavy atom. The molecule has 0 aliphatic heterocycles. The molecule has 0 unspecified atom stereocenters. The first-order valence-electron chi connectivity index (χ1n) is 12.7. The minimum Gasteiger partial charge on any atom is -0.357 e. The van der Waals surface area contributed by atoms with Crippen molar-refractivity contribution in [1.29, 1.82) is 0 Å². The van der Waals surface area contributed by atoms with Gasteiger partial charge in [0.05, 0.1) is 10.6 Å². The molecule has 0 bridgehead atoms. The monoisotopic (exact) mass is 575 g/mol. The minimum atomic E-state index is -4.11. The van der Waals surface area contributed by atoms with Crippen molar-refractivity contribution in [3.63, 3.8) is 0 Å². The van der Waals surface area contributed by atoms with Gasteiger partial charge in [-0.25, -0.2) is 8.42 Å². The van der Waals surface area contributed by atoms with Crippen LogP contribution in [0.2, 0.25) is 5.02 Å². The molecule has 2 amide bonds. The Hall–Kier alpha value is -4.14. The molecular formula is C31H30ClN3O4S. The highest BCUT2D eigenvalue weighted by Gasteiger charge is 2.34. The van der Waals surface area contributed by atoms with E-state index in [1.807, 2.05) is 30.3 Å². The number of halogens is 1. The maximum atomic E-state index is 14.2. The molecule has 9 heteroatoms. The van der Waals surface area contributed by atoms with E-state index < -0.39 is 28.5 Å². The van der Waals surface area contributed by atoms with Crippen LogP contribution in [0.5, 0.6) is 0 Å². The minimum absolute atomic E-state index is 0.0114. The second-order valence-corrected chi connectivity index (χ2v) is 11.4. The fraction of sp³-hybridized carbons (Fsp3) is 0.161. The average Bonchev–Trinajstić information content (AvgIpc) is 2.99. The summed E-state index contributed by atoms with van der Waals surface area (Å²) in [6, 6.07) is 31.9. The van der Waals surface area contributed by atoms with Gasteiger partial charge < -0.3 is 10.2 Å². The summed E-state index contributed by atoms with van der Waals surface area (Å²) in [5.74, 6) is -0.922. The fourth-order valence-corrected chi connectivity index (χ4v) is 6.00. The summed E-state index contributed by atoms with van der Waals surface area (Å²) in [6.45, 7) is -0.509. The molecule has 0 aliphatic carbocycles. The van der Waals surface area contributed by atoms with Gasteiger partial charge in [-0.05, 0) is 41.5 Å². The molecule has 0 aromatic heterocycles. The van der Waals surface area contributed by atoms with Crippen LogP contribution in [0.1, 0.15) is 11.1 Å². The van der Waals surface area contributed by atoms with E-state index in [0.29, 0.717) is 16.3 Å². The Kier molecular flexibility index (Phi) is 9.58. The molecule has 0 saturated heterocycles. The van der Waals surface area contributed by atoms with Crippen LogP contribution in [-0.4, -0.2) is 44.8 Å². The van der Waals surface area contributed by atoms with Crippen LogP contribution < -0.4 is 9.62 Å². The molecule has 0 saturated carbocycles. The van der Waals surface area contributed by atoms with Crippen molar-refractivity contribution in [3.8, 4) is 0 Å². The number of carbonyl (C=O) groups excluding carboxylic acids is 2. The summed E-state index contributed by atoms with van der Waals surface area (Å²) in [5, 5.41) is 3.10. The zero-order valence-electron chi connectivity index (χ0n) is 22.0. The summed E-state index contributed by atoms with van der Waals surface area (Å²) in [4.78, 5) is 28.9. The molecule has 4 aromatic rings. The van der Waals surface area contributed by atoms with Crippen molar-refractivity contribution in [1.82, 2.24) is 10.2 Å². The summed E-state index contributed by atoms with van der Waals surface area (Å²) in [7, 11) is -2.61. The number of hydrogen-bond acceptors (Lipinski definition) is 4. The highest BCUT2D eigenvalue weighted by Crippen LogP contribution is 2.25. The molecule has 7 nitrogen and oxygen atoms in total. The van der Waals surface area contributed by atoms with E-state index >= 15 is 0 Å². The van der Waals surface area contributed by atoms with Crippen molar-refractivity contribution in [2.45, 2.75) is 23.9 Å². The normalized spacial score (nSPS) is 11.8. The Morgan fingerprint density at radius 3 is 1.95 bits per heavy atom. The number of anilines is 1. The highest BCUT2D eigenvalue weighted by molar-refractivity contribution is 7.92. The second kappa shape index (κ2) is 13.3. The molecule has 0 spiro atoms. The van der Waals surface area contributed by atoms with Crippen molar-refractivity contribution < 1.29 is 18.0 Å². The highest BCUT2D eigenvalue weighted by atomic mass is 35.5. The van der Waals surface area contributed by atoms with E-state index in [9.17, 15) is 18.0 Å². The smallest absolute Gasteiger partial charge is 0.264 e. The van der Waals surface area contributed by atoms with E-state index in [1.54, 1.807) is 72.8 Å². The summed E-state index contributed by atoms with van der Waals surface area (Å²) >= 11 is 6.46. The van der Waals surface area contributed by atoms with Crippen molar-refractivity contribution in [3.05, 3.63) is 131 Å². The van der Waals surface area contributed by atoms with Crippen LogP contribution in [-0.2, 0) is 32.6 Å². The Morgan fingerprint density at radius 1 is 0.800 bits per heavy atom. The van der Waals surface area contributed by atoms with Crippen LogP contribution in [0.4, 0.5) is 5.69 Å². The Balaban J connectivity index is 1.77. The SMILES string of the molecule is CNC(=O)[C@H](Cc1ccccc1)N(Cc1ccccc1Cl)C(=O)CN(c1ccccc1)S(=O)(=O)c1ccccc1. The first-order valence-corrected chi connectivity index (χ1v) is 14.5.